The summed E-state index contributed by atoms with van der Waals surface area (Å²) in [6, 6.07) is 38.5. The van der Waals surface area contributed by atoms with Crippen molar-refractivity contribution in [1.82, 2.24) is 0 Å². The monoisotopic (exact) mass is 593 g/mol. The lowest BCUT2D eigenvalue weighted by Gasteiger charge is -2.24. The maximum Gasteiger partial charge on any atom is 0.160 e. The SMILES string of the molecule is C=CC1(C=C)c2ccccc2-c2cc(-c3cc4ccccc4cc3CN=C(N=C(N=C)C3=CCCC=C3)c3ccccc3)ccc21. The van der Waals surface area contributed by atoms with E-state index in [1.54, 1.807) is 0 Å². The predicted octanol–water partition coefficient (Wildman–Crippen LogP) is 10.5. The van der Waals surface area contributed by atoms with Crippen molar-refractivity contribution >= 4 is 29.2 Å². The first-order valence-electron chi connectivity index (χ1n) is 15.7. The highest BCUT2D eigenvalue weighted by molar-refractivity contribution is 6.13. The van der Waals surface area contributed by atoms with Crippen LogP contribution in [0, 0.1) is 0 Å². The maximum atomic E-state index is 5.16. The maximum absolute atomic E-state index is 5.16. The van der Waals surface area contributed by atoms with Gasteiger partial charge in [0.2, 0.25) is 0 Å². The molecule has 7 rings (SSSR count). The van der Waals surface area contributed by atoms with Crippen LogP contribution in [0.15, 0.2) is 173 Å². The molecule has 3 nitrogen and oxygen atoms in total. The number of benzene rings is 5. The molecule has 0 saturated heterocycles. The molecule has 0 bridgehead atoms. The van der Waals surface area contributed by atoms with Gasteiger partial charge in [-0.2, -0.15) is 0 Å². The average Bonchev–Trinajstić information content (AvgIpc) is 3.41. The van der Waals surface area contributed by atoms with Crippen molar-refractivity contribution in [3.05, 3.63) is 181 Å². The highest BCUT2D eigenvalue weighted by Crippen LogP contribution is 2.51. The number of allylic oxidation sites excluding steroid dienone is 4. The number of hydrogen-bond acceptors (Lipinski definition) is 1. The summed E-state index contributed by atoms with van der Waals surface area (Å²) in [7, 11) is 0. The third-order valence-electron chi connectivity index (χ3n) is 9.10. The van der Waals surface area contributed by atoms with Crippen molar-refractivity contribution in [2.75, 3.05) is 0 Å². The number of amidine groups is 2. The fourth-order valence-electron chi connectivity index (χ4n) is 6.74. The number of nitrogens with zero attached hydrogens (tertiary/aromatic N) is 3. The molecule has 0 unspecified atom stereocenters. The Balaban J connectivity index is 1.37. The van der Waals surface area contributed by atoms with Crippen LogP contribution in [0.4, 0.5) is 0 Å². The van der Waals surface area contributed by atoms with E-state index in [9.17, 15) is 0 Å². The number of hydrogen-bond donors (Lipinski definition) is 0. The Morgan fingerprint density at radius 2 is 1.41 bits per heavy atom. The Morgan fingerprint density at radius 1 is 0.696 bits per heavy atom. The van der Waals surface area contributed by atoms with E-state index in [2.05, 4.69) is 122 Å². The van der Waals surface area contributed by atoms with Gasteiger partial charge in [0.1, 0.15) is 0 Å². The second-order valence-corrected chi connectivity index (χ2v) is 11.7. The second kappa shape index (κ2) is 12.4. The fraction of sp³-hybridized carbons (Fsp3) is 0.0930. The Morgan fingerprint density at radius 3 is 2.15 bits per heavy atom. The molecular formula is C43H35N3. The van der Waals surface area contributed by atoms with Crippen molar-refractivity contribution < 1.29 is 0 Å². The Labute approximate surface area is 271 Å². The summed E-state index contributed by atoms with van der Waals surface area (Å²) in [6.07, 6.45) is 12.4. The molecule has 0 aromatic heterocycles. The normalized spacial score (nSPS) is 15.2. The van der Waals surface area contributed by atoms with Crippen LogP contribution in [0.2, 0.25) is 0 Å². The van der Waals surface area contributed by atoms with Crippen LogP contribution in [0.25, 0.3) is 33.0 Å². The van der Waals surface area contributed by atoms with Crippen molar-refractivity contribution in [2.45, 2.75) is 24.8 Å². The van der Waals surface area contributed by atoms with Crippen LogP contribution < -0.4 is 0 Å². The average molecular weight is 594 g/mol. The summed E-state index contributed by atoms with van der Waals surface area (Å²) in [4.78, 5) is 14.4. The first kappa shape index (κ1) is 29.1. The molecule has 0 amide bonds. The minimum Gasteiger partial charge on any atom is -0.261 e. The predicted molar refractivity (Wildman–Crippen MR) is 196 cm³/mol. The standard InChI is InChI=1S/C43H35N3/c1-4-43(5-2)39-23-15-14-22-36(39)38-28-34(24-25-40(38)43)37-27-33-21-13-12-20-32(33)26-35(37)29-45-42(31-18-10-7-11-19-31)46-41(44-3)30-16-8-6-9-17-30/h4-5,7-8,10-28H,1-3,6,9,29H2. The summed E-state index contributed by atoms with van der Waals surface area (Å²) in [6.45, 7) is 12.7. The molecular weight excluding hydrogens is 558 g/mol. The smallest absolute Gasteiger partial charge is 0.160 e. The Kier molecular flexibility index (Phi) is 7.82. The third kappa shape index (κ3) is 5.10. The van der Waals surface area contributed by atoms with Crippen molar-refractivity contribution in [3.63, 3.8) is 0 Å². The minimum absolute atomic E-state index is 0.413. The van der Waals surface area contributed by atoms with Crippen molar-refractivity contribution in [3.8, 4) is 22.3 Å². The van der Waals surface area contributed by atoms with Gasteiger partial charge in [0, 0.05) is 11.1 Å². The highest BCUT2D eigenvalue weighted by Gasteiger charge is 2.38. The lowest BCUT2D eigenvalue weighted by atomic mass is 9.78. The van der Waals surface area contributed by atoms with Crippen molar-refractivity contribution in [2.24, 2.45) is 15.0 Å². The van der Waals surface area contributed by atoms with Crippen LogP contribution in [0.1, 0.15) is 35.1 Å². The third-order valence-corrected chi connectivity index (χ3v) is 9.10. The number of aliphatic imine (C=N–C) groups is 3. The van der Waals surface area contributed by atoms with Gasteiger partial charge in [-0.05, 0) is 87.5 Å². The van der Waals surface area contributed by atoms with Gasteiger partial charge < -0.3 is 0 Å². The van der Waals surface area contributed by atoms with Gasteiger partial charge in [0.15, 0.2) is 11.7 Å². The van der Waals surface area contributed by atoms with Gasteiger partial charge in [-0.25, -0.2) is 9.98 Å². The zero-order valence-corrected chi connectivity index (χ0v) is 25.9. The zero-order chi connectivity index (χ0) is 31.5. The fourth-order valence-corrected chi connectivity index (χ4v) is 6.74. The zero-order valence-electron chi connectivity index (χ0n) is 25.9. The molecule has 0 heterocycles. The van der Waals surface area contributed by atoms with Gasteiger partial charge in [0.25, 0.3) is 0 Å². The van der Waals surface area contributed by atoms with Crippen LogP contribution in [0.3, 0.4) is 0 Å². The molecule has 46 heavy (non-hydrogen) atoms. The summed E-state index contributed by atoms with van der Waals surface area (Å²) in [5, 5.41) is 2.36. The molecule has 2 aliphatic carbocycles. The van der Waals surface area contributed by atoms with Crippen molar-refractivity contribution in [1.29, 1.82) is 0 Å². The number of rotatable bonds is 7. The van der Waals surface area contributed by atoms with Gasteiger partial charge in [-0.3, -0.25) is 4.99 Å². The first-order valence-corrected chi connectivity index (χ1v) is 15.7. The quantitative estimate of drug-likeness (QED) is 0.102. The topological polar surface area (TPSA) is 37.1 Å². The van der Waals surface area contributed by atoms with E-state index >= 15 is 0 Å². The molecule has 0 atom stereocenters. The first-order chi connectivity index (χ1) is 22.6. The van der Waals surface area contributed by atoms with E-state index in [4.69, 9.17) is 9.98 Å². The van der Waals surface area contributed by atoms with E-state index < -0.39 is 5.41 Å². The lowest BCUT2D eigenvalue weighted by Crippen LogP contribution is -2.18. The van der Waals surface area contributed by atoms with Gasteiger partial charge in [0.05, 0.1) is 12.0 Å². The van der Waals surface area contributed by atoms with E-state index in [1.165, 1.54) is 33.0 Å². The molecule has 222 valence electrons. The van der Waals surface area contributed by atoms with E-state index in [0.29, 0.717) is 18.2 Å². The van der Waals surface area contributed by atoms with Gasteiger partial charge in [-0.15, -0.1) is 13.2 Å². The molecule has 0 radical (unpaired) electrons. The highest BCUT2D eigenvalue weighted by atomic mass is 15.0. The molecule has 0 aliphatic heterocycles. The molecule has 5 aromatic rings. The van der Waals surface area contributed by atoms with E-state index in [0.717, 1.165) is 40.7 Å². The molecule has 0 spiro atoms. The Bertz CT molecular complexity index is 2120. The number of fused-ring (bicyclic) bond motifs is 4. The summed E-state index contributed by atoms with van der Waals surface area (Å²) in [5.74, 6) is 1.22. The molecule has 2 aliphatic rings. The molecule has 3 heteroatoms. The van der Waals surface area contributed by atoms with Crippen LogP contribution >= 0.6 is 0 Å². The lowest BCUT2D eigenvalue weighted by molar-refractivity contribution is 0.850. The Hall–Kier alpha value is -5.67. The summed E-state index contributed by atoms with van der Waals surface area (Å²) >= 11 is 0. The molecule has 0 N–H and O–H groups in total. The van der Waals surface area contributed by atoms with Crippen LogP contribution in [-0.2, 0) is 12.0 Å². The van der Waals surface area contributed by atoms with Gasteiger partial charge >= 0.3 is 0 Å². The largest absolute Gasteiger partial charge is 0.261 e. The van der Waals surface area contributed by atoms with Crippen LogP contribution in [-0.4, -0.2) is 18.4 Å². The second-order valence-electron chi connectivity index (χ2n) is 11.7. The molecule has 5 aromatic carbocycles. The van der Waals surface area contributed by atoms with E-state index in [1.807, 2.05) is 42.5 Å². The molecule has 0 saturated carbocycles. The van der Waals surface area contributed by atoms with Gasteiger partial charge in [-0.1, -0.05) is 121 Å². The van der Waals surface area contributed by atoms with Crippen LogP contribution in [0.5, 0.6) is 0 Å². The van der Waals surface area contributed by atoms with E-state index in [-0.39, 0.29) is 0 Å². The summed E-state index contributed by atoms with van der Waals surface area (Å²) in [5.41, 5.74) is 9.76. The minimum atomic E-state index is -0.413. The molecule has 0 fully saturated rings. The summed E-state index contributed by atoms with van der Waals surface area (Å²) < 4.78 is 0.